The lowest BCUT2D eigenvalue weighted by molar-refractivity contribution is -0.0242. The number of halogens is 2. The van der Waals surface area contributed by atoms with Gasteiger partial charge in [0, 0.05) is 68.5 Å². The Morgan fingerprint density at radius 3 is 2.89 bits per heavy atom. The fraction of sp³-hybridized carbons (Fsp3) is 0.593. The van der Waals surface area contributed by atoms with Crippen LogP contribution in [0.5, 0.6) is 5.19 Å². The summed E-state index contributed by atoms with van der Waals surface area (Å²) in [4.78, 5) is 21.0. The molecule has 7 nitrogen and oxygen atoms in total. The van der Waals surface area contributed by atoms with Crippen LogP contribution in [0.4, 0.5) is 8.78 Å². The molecule has 0 bridgehead atoms. The third-order valence-electron chi connectivity index (χ3n) is 7.20. The van der Waals surface area contributed by atoms with E-state index in [-0.39, 0.29) is 17.8 Å². The molecular weight excluding hydrogens is 498 g/mol. The fourth-order valence-electron chi connectivity index (χ4n) is 5.21. The van der Waals surface area contributed by atoms with Gasteiger partial charge in [-0.1, -0.05) is 23.5 Å². The lowest BCUT2D eigenvalue weighted by Gasteiger charge is -2.30. The van der Waals surface area contributed by atoms with Gasteiger partial charge in [0.1, 0.15) is 0 Å². The molecule has 0 saturated carbocycles. The summed E-state index contributed by atoms with van der Waals surface area (Å²) in [5.74, 6) is -2.45. The highest BCUT2D eigenvalue weighted by Crippen LogP contribution is 2.30. The van der Waals surface area contributed by atoms with Gasteiger partial charge in [0.15, 0.2) is 12.4 Å². The summed E-state index contributed by atoms with van der Waals surface area (Å²) < 4.78 is 39.2. The molecule has 37 heavy (non-hydrogen) atoms. The van der Waals surface area contributed by atoms with Crippen LogP contribution >= 0.6 is 11.3 Å². The van der Waals surface area contributed by atoms with E-state index in [1.807, 2.05) is 31.4 Å². The molecule has 1 saturated heterocycles. The Bertz CT molecular complexity index is 1200. The van der Waals surface area contributed by atoms with Crippen LogP contribution < -0.4 is 4.74 Å². The molecule has 1 fully saturated rings. The van der Waals surface area contributed by atoms with E-state index in [1.54, 1.807) is 4.68 Å². The highest BCUT2D eigenvalue weighted by atomic mass is 32.1. The van der Waals surface area contributed by atoms with Crippen molar-refractivity contribution in [2.45, 2.75) is 57.5 Å². The van der Waals surface area contributed by atoms with Crippen molar-refractivity contribution in [1.29, 1.82) is 0 Å². The first kappa shape index (κ1) is 26.2. The number of benzene rings is 1. The number of hydrogen-bond acceptors (Lipinski definition) is 7. The Morgan fingerprint density at radius 2 is 2.11 bits per heavy atom. The minimum atomic E-state index is -2.86. The molecule has 10 heteroatoms. The van der Waals surface area contributed by atoms with E-state index < -0.39 is 12.5 Å². The second kappa shape index (κ2) is 11.1. The lowest BCUT2D eigenvalue weighted by Crippen LogP contribution is -2.33. The van der Waals surface area contributed by atoms with E-state index >= 15 is 0 Å². The van der Waals surface area contributed by atoms with Crippen LogP contribution in [0.1, 0.15) is 53.5 Å². The number of thiazole rings is 1. The molecule has 0 spiro atoms. The van der Waals surface area contributed by atoms with E-state index in [0.29, 0.717) is 18.2 Å². The van der Waals surface area contributed by atoms with E-state index in [9.17, 15) is 13.6 Å². The van der Waals surface area contributed by atoms with Crippen molar-refractivity contribution in [1.82, 2.24) is 19.7 Å². The summed E-state index contributed by atoms with van der Waals surface area (Å²) >= 11 is 1.39. The summed E-state index contributed by atoms with van der Waals surface area (Å²) in [5, 5.41) is 5.67. The average molecular weight is 533 g/mol. The number of carbonyl (C=O) groups is 1. The molecule has 2 aliphatic heterocycles. The Kier molecular flexibility index (Phi) is 7.88. The van der Waals surface area contributed by atoms with Crippen molar-refractivity contribution in [3.8, 4) is 5.19 Å². The summed E-state index contributed by atoms with van der Waals surface area (Å²) in [7, 11) is 1.87. The normalized spacial score (nSPS) is 21.1. The highest BCUT2D eigenvalue weighted by molar-refractivity contribution is 7.13. The number of Topliss-reactive ketones (excluding diaryl/α,β-unsaturated/α-hetero) is 1. The Labute approximate surface area is 219 Å². The van der Waals surface area contributed by atoms with Gasteiger partial charge in [-0.3, -0.25) is 9.48 Å². The van der Waals surface area contributed by atoms with Crippen molar-refractivity contribution in [3.63, 3.8) is 0 Å². The van der Waals surface area contributed by atoms with Gasteiger partial charge in [0.2, 0.25) is 0 Å². The molecule has 0 aliphatic carbocycles. The molecule has 3 aromatic rings. The number of aryl methyl sites for hydroxylation is 1. The van der Waals surface area contributed by atoms with Crippen LogP contribution in [0, 0.1) is 5.92 Å². The van der Waals surface area contributed by atoms with Crippen LogP contribution in [0.15, 0.2) is 24.4 Å². The average Bonchev–Trinajstić information content (AvgIpc) is 3.39. The SMILES string of the molecule is Cn1cc2c(C(=O)C[C@H]3CC[C@H](CCN4CCc5nc(OCC(C)(F)F)sc5CC4)OC3)cccc2n1. The molecule has 4 heterocycles. The minimum Gasteiger partial charge on any atom is -0.464 e. The monoisotopic (exact) mass is 532 g/mol. The standard InChI is InChI=1S/C27H34F2N4O3S/c1-27(28,29)17-36-26-30-23-9-12-33(13-10-25(23)37-26)11-8-19-7-6-18(16-35-19)14-24(34)20-4-3-5-22-21(20)15-32(2)31-22/h3-5,15,18-19H,6-14,16-17H2,1-2H3/t18-,19-/m1/s1. The maximum Gasteiger partial charge on any atom is 0.278 e. The number of hydrogen-bond donors (Lipinski definition) is 0. The third-order valence-corrected chi connectivity index (χ3v) is 8.27. The maximum absolute atomic E-state index is 13.1. The fourth-order valence-corrected chi connectivity index (χ4v) is 6.16. The number of ether oxygens (including phenoxy) is 2. The molecule has 200 valence electrons. The molecule has 2 aromatic heterocycles. The van der Waals surface area contributed by atoms with Gasteiger partial charge in [-0.25, -0.2) is 13.8 Å². The molecule has 0 N–H and O–H groups in total. The number of rotatable bonds is 9. The van der Waals surface area contributed by atoms with Crippen molar-refractivity contribution < 1.29 is 23.0 Å². The van der Waals surface area contributed by atoms with Crippen LogP contribution in [0.25, 0.3) is 10.9 Å². The summed E-state index contributed by atoms with van der Waals surface area (Å²) in [6.45, 7) is 3.61. The zero-order chi connectivity index (χ0) is 26.0. The first-order chi connectivity index (χ1) is 17.7. The van der Waals surface area contributed by atoms with E-state index in [0.717, 1.165) is 85.7 Å². The van der Waals surface area contributed by atoms with Gasteiger partial charge in [-0.2, -0.15) is 5.10 Å². The molecular formula is C27H34F2N4O3S. The Balaban J connectivity index is 1.04. The molecule has 0 radical (unpaired) electrons. The van der Waals surface area contributed by atoms with Gasteiger partial charge in [-0.15, -0.1) is 0 Å². The summed E-state index contributed by atoms with van der Waals surface area (Å²) in [5.41, 5.74) is 2.58. The number of nitrogens with zero attached hydrogens (tertiary/aromatic N) is 4. The van der Waals surface area contributed by atoms with Gasteiger partial charge in [-0.05, 0) is 37.7 Å². The quantitative estimate of drug-likeness (QED) is 0.365. The smallest absolute Gasteiger partial charge is 0.278 e. The van der Waals surface area contributed by atoms with Gasteiger partial charge >= 0.3 is 0 Å². The minimum absolute atomic E-state index is 0.160. The van der Waals surface area contributed by atoms with Crippen molar-refractivity contribution in [2.24, 2.45) is 13.0 Å². The number of carbonyl (C=O) groups excluding carboxylic acids is 1. The van der Waals surface area contributed by atoms with Crippen LogP contribution in [0.2, 0.25) is 0 Å². The number of ketones is 1. The molecule has 1 aromatic carbocycles. The summed E-state index contributed by atoms with van der Waals surface area (Å²) in [6.07, 6.45) is 7.24. The number of fused-ring (bicyclic) bond motifs is 2. The van der Waals surface area contributed by atoms with Crippen molar-refractivity contribution >= 4 is 28.0 Å². The van der Waals surface area contributed by atoms with Crippen LogP contribution in [-0.2, 0) is 24.6 Å². The third kappa shape index (κ3) is 6.72. The molecule has 0 unspecified atom stereocenters. The highest BCUT2D eigenvalue weighted by Gasteiger charge is 2.27. The van der Waals surface area contributed by atoms with Gasteiger partial charge in [0.05, 0.1) is 23.9 Å². The van der Waals surface area contributed by atoms with Crippen molar-refractivity contribution in [2.75, 3.05) is 32.8 Å². The molecule has 0 amide bonds. The lowest BCUT2D eigenvalue weighted by atomic mass is 9.90. The van der Waals surface area contributed by atoms with Gasteiger partial charge < -0.3 is 14.4 Å². The molecule has 2 atom stereocenters. The van der Waals surface area contributed by atoms with Crippen LogP contribution in [-0.4, -0.2) is 70.3 Å². The van der Waals surface area contributed by atoms with E-state index in [2.05, 4.69) is 15.0 Å². The number of alkyl halides is 2. The molecule has 2 aliphatic rings. The van der Waals surface area contributed by atoms with E-state index in [4.69, 9.17) is 9.47 Å². The van der Waals surface area contributed by atoms with E-state index in [1.165, 1.54) is 11.3 Å². The number of aromatic nitrogens is 3. The second-order valence-electron chi connectivity index (χ2n) is 10.4. The largest absolute Gasteiger partial charge is 0.464 e. The topological polar surface area (TPSA) is 69.5 Å². The Morgan fingerprint density at radius 1 is 1.27 bits per heavy atom. The van der Waals surface area contributed by atoms with Gasteiger partial charge in [0.25, 0.3) is 11.1 Å². The maximum atomic E-state index is 13.1. The van der Waals surface area contributed by atoms with Crippen LogP contribution in [0.3, 0.4) is 0 Å². The Hall–Kier alpha value is -2.43. The molecule has 5 rings (SSSR count). The summed E-state index contributed by atoms with van der Waals surface area (Å²) in [6, 6.07) is 5.73. The van der Waals surface area contributed by atoms with Crippen molar-refractivity contribution in [3.05, 3.63) is 40.5 Å². The zero-order valence-corrected chi connectivity index (χ0v) is 22.2. The zero-order valence-electron chi connectivity index (χ0n) is 21.4. The first-order valence-corrected chi connectivity index (χ1v) is 13.8. The predicted octanol–water partition coefficient (Wildman–Crippen LogP) is 4.92. The second-order valence-corrected chi connectivity index (χ2v) is 11.5. The first-order valence-electron chi connectivity index (χ1n) is 13.0. The predicted molar refractivity (Wildman–Crippen MR) is 139 cm³/mol.